The van der Waals surface area contributed by atoms with Crippen LogP contribution in [0, 0.1) is 5.92 Å². The molecule has 6 nitrogen and oxygen atoms in total. The van der Waals surface area contributed by atoms with E-state index in [0.717, 1.165) is 11.1 Å². The van der Waals surface area contributed by atoms with Gasteiger partial charge in [0.1, 0.15) is 5.75 Å². The van der Waals surface area contributed by atoms with Crippen molar-refractivity contribution in [3.63, 3.8) is 0 Å². The molecule has 3 rings (SSSR count). The molecule has 8 heteroatoms. The van der Waals surface area contributed by atoms with Gasteiger partial charge in [0.2, 0.25) is 0 Å². The number of benzene rings is 2. The molecule has 1 saturated heterocycles. The lowest BCUT2D eigenvalue weighted by atomic mass is 9.90. The third kappa shape index (κ3) is 4.61. The second kappa shape index (κ2) is 9.77. The Bertz CT molecular complexity index is 913. The van der Waals surface area contributed by atoms with Crippen molar-refractivity contribution in [1.29, 1.82) is 0 Å². The third-order valence-electron chi connectivity index (χ3n) is 5.53. The number of nitrogens with zero attached hydrogens (tertiary/aromatic N) is 1. The number of methoxy groups -OCH3 is 3. The lowest BCUT2D eigenvalue weighted by molar-refractivity contribution is -0.143. The Morgan fingerprint density at radius 3 is 2.10 bits per heavy atom. The van der Waals surface area contributed by atoms with E-state index in [4.69, 9.17) is 37.4 Å². The van der Waals surface area contributed by atoms with E-state index in [9.17, 15) is 9.90 Å². The number of likely N-dealkylation sites (tertiary alicyclic amines) is 1. The molecule has 2 aromatic carbocycles. The molecule has 2 aromatic rings. The van der Waals surface area contributed by atoms with Gasteiger partial charge in [-0.2, -0.15) is 0 Å². The molecule has 0 radical (unpaired) electrons. The molecule has 1 atom stereocenters. The van der Waals surface area contributed by atoms with Crippen molar-refractivity contribution >= 4 is 29.2 Å². The number of halogens is 2. The Hall–Kier alpha value is -2.15. The smallest absolute Gasteiger partial charge is 0.306 e. The number of carbonyl (C=O) groups is 1. The maximum absolute atomic E-state index is 11.4. The minimum atomic E-state index is -0.746. The van der Waals surface area contributed by atoms with Crippen molar-refractivity contribution in [3.8, 4) is 17.2 Å². The fourth-order valence-electron chi connectivity index (χ4n) is 3.94. The number of ether oxygens (including phenoxy) is 3. The molecule has 0 saturated carbocycles. The highest BCUT2D eigenvalue weighted by Crippen LogP contribution is 2.43. The Kier molecular flexibility index (Phi) is 7.34. The van der Waals surface area contributed by atoms with Crippen molar-refractivity contribution in [2.45, 2.75) is 18.9 Å². The Labute approximate surface area is 186 Å². The lowest BCUT2D eigenvalue weighted by Crippen LogP contribution is -2.39. The van der Waals surface area contributed by atoms with E-state index in [-0.39, 0.29) is 12.0 Å². The van der Waals surface area contributed by atoms with Crippen molar-refractivity contribution in [1.82, 2.24) is 4.90 Å². The summed E-state index contributed by atoms with van der Waals surface area (Å²) in [5.74, 6) is 0.714. The maximum atomic E-state index is 11.4. The van der Waals surface area contributed by atoms with Crippen LogP contribution in [0.25, 0.3) is 0 Å². The van der Waals surface area contributed by atoms with Crippen LogP contribution in [-0.2, 0) is 4.79 Å². The highest BCUT2D eigenvalue weighted by molar-refractivity contribution is 6.42. The first kappa shape index (κ1) is 22.5. The van der Waals surface area contributed by atoms with Crippen LogP contribution in [0.1, 0.15) is 30.0 Å². The van der Waals surface area contributed by atoms with Crippen LogP contribution in [0.15, 0.2) is 30.3 Å². The molecular formula is C22H25Cl2NO5. The molecule has 0 amide bonds. The van der Waals surface area contributed by atoms with E-state index in [1.165, 1.54) is 0 Å². The van der Waals surface area contributed by atoms with E-state index in [2.05, 4.69) is 4.90 Å². The molecule has 1 unspecified atom stereocenters. The van der Waals surface area contributed by atoms with Gasteiger partial charge in [-0.15, -0.1) is 0 Å². The number of hydrogen-bond donors (Lipinski definition) is 1. The summed E-state index contributed by atoms with van der Waals surface area (Å²) in [4.78, 5) is 13.6. The van der Waals surface area contributed by atoms with Gasteiger partial charge >= 0.3 is 5.97 Å². The highest BCUT2D eigenvalue weighted by atomic mass is 35.5. The average Bonchev–Trinajstić information content (AvgIpc) is 2.76. The second-order valence-electron chi connectivity index (χ2n) is 7.17. The van der Waals surface area contributed by atoms with Gasteiger partial charge in [-0.1, -0.05) is 29.3 Å². The molecule has 1 fully saturated rings. The molecule has 1 aliphatic heterocycles. The van der Waals surface area contributed by atoms with Crippen LogP contribution in [0.5, 0.6) is 17.2 Å². The first-order valence-corrected chi connectivity index (χ1v) is 10.4. The van der Waals surface area contributed by atoms with Crippen LogP contribution >= 0.6 is 23.2 Å². The lowest BCUT2D eigenvalue weighted by Gasteiger charge is -2.37. The first-order chi connectivity index (χ1) is 14.4. The molecule has 0 spiro atoms. The number of carboxylic acids is 1. The fourth-order valence-corrected chi connectivity index (χ4v) is 4.25. The standard InChI is InChI=1S/C22H25Cl2NO5/c1-28-18-12-20(30-3)19(29-2)11-15(18)21(14-4-5-16(23)17(24)10-14)25-8-6-13(7-9-25)22(26)27/h4-5,10-13,21H,6-9H2,1-3H3,(H,26,27). The summed E-state index contributed by atoms with van der Waals surface area (Å²) in [6, 6.07) is 9.01. The third-order valence-corrected chi connectivity index (χ3v) is 6.27. The topological polar surface area (TPSA) is 68.2 Å². The van der Waals surface area contributed by atoms with Crippen LogP contribution in [0.3, 0.4) is 0 Å². The van der Waals surface area contributed by atoms with E-state index in [0.29, 0.717) is 53.2 Å². The van der Waals surface area contributed by atoms with Gasteiger partial charge in [0, 0.05) is 11.6 Å². The highest BCUT2D eigenvalue weighted by Gasteiger charge is 2.32. The zero-order valence-electron chi connectivity index (χ0n) is 17.2. The Morgan fingerprint density at radius 1 is 0.967 bits per heavy atom. The molecule has 0 aliphatic carbocycles. The van der Waals surface area contributed by atoms with Gasteiger partial charge in [0.25, 0.3) is 0 Å². The molecule has 0 bridgehead atoms. The minimum absolute atomic E-state index is 0.218. The molecule has 1 aliphatic rings. The molecule has 1 heterocycles. The predicted octanol–water partition coefficient (Wildman–Crippen LogP) is 4.91. The average molecular weight is 454 g/mol. The van der Waals surface area contributed by atoms with Crippen LogP contribution in [-0.4, -0.2) is 50.4 Å². The summed E-state index contributed by atoms with van der Waals surface area (Å²) in [7, 11) is 4.76. The quantitative estimate of drug-likeness (QED) is 0.642. The van der Waals surface area contributed by atoms with Crippen LogP contribution < -0.4 is 14.2 Å². The summed E-state index contributed by atoms with van der Waals surface area (Å²) in [5.41, 5.74) is 1.81. The zero-order valence-corrected chi connectivity index (χ0v) is 18.7. The van der Waals surface area contributed by atoms with Crippen molar-refractivity contribution in [2.75, 3.05) is 34.4 Å². The van der Waals surface area contributed by atoms with E-state index in [1.54, 1.807) is 33.5 Å². The molecule has 30 heavy (non-hydrogen) atoms. The summed E-state index contributed by atoms with van der Waals surface area (Å²) >= 11 is 12.5. The van der Waals surface area contributed by atoms with Gasteiger partial charge < -0.3 is 19.3 Å². The van der Waals surface area contributed by atoms with Crippen molar-refractivity contribution < 1.29 is 24.1 Å². The summed E-state index contributed by atoms with van der Waals surface area (Å²) in [6.45, 7) is 1.25. The minimum Gasteiger partial charge on any atom is -0.496 e. The first-order valence-electron chi connectivity index (χ1n) is 9.61. The van der Waals surface area contributed by atoms with E-state index in [1.807, 2.05) is 18.2 Å². The summed E-state index contributed by atoms with van der Waals surface area (Å²) in [5, 5.41) is 10.3. The SMILES string of the molecule is COc1cc(OC)c(C(c2ccc(Cl)c(Cl)c2)N2CCC(C(=O)O)CC2)cc1OC. The van der Waals surface area contributed by atoms with Gasteiger partial charge in [-0.3, -0.25) is 9.69 Å². The Balaban J connectivity index is 2.10. The second-order valence-corrected chi connectivity index (χ2v) is 7.99. The number of piperidine rings is 1. The van der Waals surface area contributed by atoms with Gasteiger partial charge in [-0.25, -0.2) is 0 Å². The molecule has 1 N–H and O–H groups in total. The van der Waals surface area contributed by atoms with E-state index < -0.39 is 5.97 Å². The fraction of sp³-hybridized carbons (Fsp3) is 0.409. The van der Waals surface area contributed by atoms with Crippen LogP contribution in [0.4, 0.5) is 0 Å². The number of aliphatic carboxylic acids is 1. The number of rotatable bonds is 7. The number of carboxylic acid groups (broad SMARTS) is 1. The van der Waals surface area contributed by atoms with Crippen LogP contribution in [0.2, 0.25) is 10.0 Å². The van der Waals surface area contributed by atoms with Crippen molar-refractivity contribution in [3.05, 3.63) is 51.5 Å². The largest absolute Gasteiger partial charge is 0.496 e. The van der Waals surface area contributed by atoms with Gasteiger partial charge in [0.15, 0.2) is 11.5 Å². The van der Waals surface area contributed by atoms with Crippen molar-refractivity contribution in [2.24, 2.45) is 5.92 Å². The summed E-state index contributed by atoms with van der Waals surface area (Å²) in [6.07, 6.45) is 1.14. The zero-order chi connectivity index (χ0) is 21.8. The molecule has 0 aromatic heterocycles. The summed E-state index contributed by atoms with van der Waals surface area (Å²) < 4.78 is 16.6. The van der Waals surface area contributed by atoms with E-state index >= 15 is 0 Å². The Morgan fingerprint density at radius 2 is 1.57 bits per heavy atom. The van der Waals surface area contributed by atoms with Gasteiger partial charge in [-0.05, 0) is 49.7 Å². The predicted molar refractivity (Wildman–Crippen MR) is 116 cm³/mol. The molecule has 162 valence electrons. The van der Waals surface area contributed by atoms with Gasteiger partial charge in [0.05, 0.1) is 43.3 Å². The molecular weight excluding hydrogens is 429 g/mol. The monoisotopic (exact) mass is 453 g/mol. The normalized spacial score (nSPS) is 16.2. The maximum Gasteiger partial charge on any atom is 0.306 e. The number of hydrogen-bond acceptors (Lipinski definition) is 5.